The molecule has 0 bridgehead atoms. The third kappa shape index (κ3) is 2.99. The van der Waals surface area contributed by atoms with Gasteiger partial charge in [0.05, 0.1) is 16.2 Å². The molecule has 0 fully saturated rings. The van der Waals surface area contributed by atoms with E-state index < -0.39 is 0 Å². The molecule has 1 atom stereocenters. The second kappa shape index (κ2) is 6.33. The number of halogens is 3. The van der Waals surface area contributed by atoms with Crippen LogP contribution < -0.4 is 10.6 Å². The Labute approximate surface area is 125 Å². The molecule has 20 heavy (non-hydrogen) atoms. The maximum atomic E-state index is 13.8. The Bertz CT molecular complexity index is 604. The van der Waals surface area contributed by atoms with Crippen molar-refractivity contribution >= 4 is 21.6 Å². The van der Waals surface area contributed by atoms with Crippen molar-refractivity contribution in [3.05, 3.63) is 64.1 Å². The molecule has 0 aliphatic heterocycles. The van der Waals surface area contributed by atoms with Crippen molar-refractivity contribution in [2.45, 2.75) is 6.04 Å². The van der Waals surface area contributed by atoms with Gasteiger partial charge in [0.2, 0.25) is 0 Å². The van der Waals surface area contributed by atoms with E-state index in [0.29, 0.717) is 15.7 Å². The lowest BCUT2D eigenvalue weighted by atomic mass is 10.0. The van der Waals surface area contributed by atoms with Crippen molar-refractivity contribution in [1.82, 2.24) is 0 Å². The lowest BCUT2D eigenvalue weighted by molar-refractivity contribution is 0.594. The van der Waals surface area contributed by atoms with Crippen LogP contribution in [0.4, 0.5) is 14.5 Å². The molecular formula is C15H15BrF2N2. The predicted molar refractivity (Wildman–Crippen MR) is 80.7 cm³/mol. The zero-order valence-electron chi connectivity index (χ0n) is 11.0. The number of hydrogen-bond donors (Lipinski definition) is 1. The summed E-state index contributed by atoms with van der Waals surface area (Å²) in [5, 5.41) is 0. The minimum Gasteiger partial charge on any atom is -0.364 e. The third-order valence-electron chi connectivity index (χ3n) is 3.25. The molecule has 0 spiro atoms. The molecule has 0 saturated carbocycles. The summed E-state index contributed by atoms with van der Waals surface area (Å²) >= 11 is 3.11. The van der Waals surface area contributed by atoms with Crippen molar-refractivity contribution in [2.24, 2.45) is 5.73 Å². The summed E-state index contributed by atoms with van der Waals surface area (Å²) in [6.07, 6.45) is 0. The Kier molecular flexibility index (Phi) is 4.73. The average Bonchev–Trinajstić information content (AvgIpc) is 2.44. The normalized spacial score (nSPS) is 12.2. The fraction of sp³-hybridized carbons (Fsp3) is 0.200. The molecular weight excluding hydrogens is 326 g/mol. The molecule has 0 heterocycles. The first-order valence-corrected chi connectivity index (χ1v) is 6.96. The molecule has 0 aliphatic rings. The number of rotatable bonds is 4. The van der Waals surface area contributed by atoms with Crippen LogP contribution in [0.15, 0.2) is 46.9 Å². The number of hydrogen-bond acceptors (Lipinski definition) is 2. The van der Waals surface area contributed by atoms with E-state index in [1.54, 1.807) is 42.3 Å². The van der Waals surface area contributed by atoms with Gasteiger partial charge in [-0.25, -0.2) is 8.78 Å². The summed E-state index contributed by atoms with van der Waals surface area (Å²) in [6.45, 7) is 0.256. The zero-order valence-corrected chi connectivity index (χ0v) is 12.6. The standard InChI is InChI=1S/C15H15BrF2N2/c1-20(14-5-3-2-4-12(14)17)15(9-19)10-6-7-11(16)13(18)8-10/h2-8,15H,9,19H2,1H3. The minimum absolute atomic E-state index is 0.256. The molecule has 0 aromatic heterocycles. The van der Waals surface area contributed by atoms with Gasteiger partial charge >= 0.3 is 0 Å². The Morgan fingerprint density at radius 3 is 2.45 bits per heavy atom. The molecule has 106 valence electrons. The van der Waals surface area contributed by atoms with Gasteiger partial charge in [0, 0.05) is 13.6 Å². The topological polar surface area (TPSA) is 29.3 Å². The maximum absolute atomic E-state index is 13.8. The van der Waals surface area contributed by atoms with Crippen molar-refractivity contribution in [2.75, 3.05) is 18.5 Å². The van der Waals surface area contributed by atoms with Crippen LogP contribution in [0.5, 0.6) is 0 Å². The zero-order chi connectivity index (χ0) is 14.7. The van der Waals surface area contributed by atoms with Crippen molar-refractivity contribution in [3.8, 4) is 0 Å². The molecule has 0 radical (unpaired) electrons. The molecule has 0 amide bonds. The summed E-state index contributed by atoms with van der Waals surface area (Å²) < 4.78 is 27.9. The van der Waals surface area contributed by atoms with Crippen LogP contribution in [-0.2, 0) is 0 Å². The van der Waals surface area contributed by atoms with E-state index >= 15 is 0 Å². The van der Waals surface area contributed by atoms with E-state index in [1.165, 1.54) is 12.1 Å². The maximum Gasteiger partial charge on any atom is 0.146 e. The van der Waals surface area contributed by atoms with Crippen LogP contribution in [0.25, 0.3) is 0 Å². The van der Waals surface area contributed by atoms with Crippen molar-refractivity contribution in [1.29, 1.82) is 0 Å². The second-order valence-electron chi connectivity index (χ2n) is 4.49. The third-order valence-corrected chi connectivity index (χ3v) is 3.89. The molecule has 2 nitrogen and oxygen atoms in total. The monoisotopic (exact) mass is 340 g/mol. The highest BCUT2D eigenvalue weighted by molar-refractivity contribution is 9.10. The van der Waals surface area contributed by atoms with Gasteiger partial charge in [-0.3, -0.25) is 0 Å². The van der Waals surface area contributed by atoms with Gasteiger partial charge in [0.1, 0.15) is 11.6 Å². The Hall–Kier alpha value is -1.46. The Morgan fingerprint density at radius 1 is 1.15 bits per heavy atom. The van der Waals surface area contributed by atoms with Gasteiger partial charge in [0.25, 0.3) is 0 Å². The average molecular weight is 341 g/mol. The number of benzene rings is 2. The van der Waals surface area contributed by atoms with Gasteiger partial charge in [-0.2, -0.15) is 0 Å². The Morgan fingerprint density at radius 2 is 1.85 bits per heavy atom. The van der Waals surface area contributed by atoms with Crippen molar-refractivity contribution in [3.63, 3.8) is 0 Å². The first-order chi connectivity index (χ1) is 9.54. The lowest BCUT2D eigenvalue weighted by Crippen LogP contribution is -2.31. The number of para-hydroxylation sites is 1. The van der Waals surface area contributed by atoms with Crippen LogP contribution in [0.2, 0.25) is 0 Å². The first-order valence-electron chi connectivity index (χ1n) is 6.17. The van der Waals surface area contributed by atoms with Crippen LogP contribution in [0.1, 0.15) is 11.6 Å². The van der Waals surface area contributed by atoms with Crippen LogP contribution in [0.3, 0.4) is 0 Å². The molecule has 2 aromatic carbocycles. The van der Waals surface area contributed by atoms with E-state index in [-0.39, 0.29) is 24.2 Å². The van der Waals surface area contributed by atoms with Crippen LogP contribution in [0, 0.1) is 11.6 Å². The largest absolute Gasteiger partial charge is 0.364 e. The van der Waals surface area contributed by atoms with Gasteiger partial charge in [0.15, 0.2) is 0 Å². The van der Waals surface area contributed by atoms with E-state index in [0.717, 1.165) is 0 Å². The van der Waals surface area contributed by atoms with E-state index in [4.69, 9.17) is 5.73 Å². The second-order valence-corrected chi connectivity index (χ2v) is 5.34. The summed E-state index contributed by atoms with van der Waals surface area (Å²) in [4.78, 5) is 1.72. The Balaban J connectivity index is 2.36. The van der Waals surface area contributed by atoms with Crippen LogP contribution >= 0.6 is 15.9 Å². The summed E-state index contributed by atoms with van der Waals surface area (Å²) in [6, 6.07) is 11.0. The van der Waals surface area contributed by atoms with Crippen molar-refractivity contribution < 1.29 is 8.78 Å². The summed E-state index contributed by atoms with van der Waals surface area (Å²) in [5.74, 6) is -0.686. The minimum atomic E-state index is -0.358. The number of nitrogens with two attached hydrogens (primary N) is 1. The highest BCUT2D eigenvalue weighted by Gasteiger charge is 2.19. The molecule has 5 heteroatoms. The smallest absolute Gasteiger partial charge is 0.146 e. The molecule has 0 aliphatic carbocycles. The fourth-order valence-corrected chi connectivity index (χ4v) is 2.39. The molecule has 2 aromatic rings. The predicted octanol–water partition coefficient (Wildman–Crippen LogP) is 3.86. The van der Waals surface area contributed by atoms with E-state index in [2.05, 4.69) is 15.9 Å². The molecule has 2 rings (SSSR count). The van der Waals surface area contributed by atoms with Crippen LogP contribution in [-0.4, -0.2) is 13.6 Å². The van der Waals surface area contributed by atoms with E-state index in [1.807, 2.05) is 0 Å². The number of anilines is 1. The molecule has 2 N–H and O–H groups in total. The highest BCUT2D eigenvalue weighted by atomic mass is 79.9. The van der Waals surface area contributed by atoms with Gasteiger partial charge < -0.3 is 10.6 Å². The lowest BCUT2D eigenvalue weighted by Gasteiger charge is -2.29. The summed E-state index contributed by atoms with van der Waals surface area (Å²) in [7, 11) is 1.75. The highest BCUT2D eigenvalue weighted by Crippen LogP contribution is 2.28. The summed E-state index contributed by atoms with van der Waals surface area (Å²) in [5.41, 5.74) is 6.93. The SMILES string of the molecule is CN(c1ccccc1F)C(CN)c1ccc(Br)c(F)c1. The number of likely N-dealkylation sites (N-methyl/N-ethyl adjacent to an activating group) is 1. The van der Waals surface area contributed by atoms with E-state index in [9.17, 15) is 8.78 Å². The molecule has 1 unspecified atom stereocenters. The fourth-order valence-electron chi connectivity index (χ4n) is 2.14. The molecule has 0 saturated heterocycles. The first kappa shape index (κ1) is 14.9. The quantitative estimate of drug-likeness (QED) is 0.915. The van der Waals surface area contributed by atoms with Gasteiger partial charge in [-0.15, -0.1) is 0 Å². The number of nitrogens with zero attached hydrogens (tertiary/aromatic N) is 1. The van der Waals surface area contributed by atoms with Gasteiger partial charge in [-0.1, -0.05) is 18.2 Å². The van der Waals surface area contributed by atoms with Gasteiger partial charge in [-0.05, 0) is 45.8 Å².